The van der Waals surface area contributed by atoms with Crippen molar-refractivity contribution in [2.45, 2.75) is 20.0 Å². The molecule has 0 aromatic heterocycles. The van der Waals surface area contributed by atoms with Crippen LogP contribution >= 0.6 is 11.6 Å². The minimum atomic E-state index is -0.931. The van der Waals surface area contributed by atoms with E-state index >= 15 is 0 Å². The van der Waals surface area contributed by atoms with E-state index in [0.717, 1.165) is 11.1 Å². The van der Waals surface area contributed by atoms with Crippen LogP contribution in [-0.4, -0.2) is 23.6 Å². The lowest BCUT2D eigenvalue weighted by molar-refractivity contribution is -0.126. The third-order valence-corrected chi connectivity index (χ3v) is 4.76. The highest BCUT2D eigenvalue weighted by atomic mass is 35.5. The lowest BCUT2D eigenvalue weighted by atomic mass is 9.94. The minimum absolute atomic E-state index is 0.337. The van der Waals surface area contributed by atoms with E-state index in [9.17, 15) is 9.59 Å². The summed E-state index contributed by atoms with van der Waals surface area (Å²) in [6.45, 7) is 3.85. The predicted molar refractivity (Wildman–Crippen MR) is 94.8 cm³/mol. The van der Waals surface area contributed by atoms with Crippen molar-refractivity contribution >= 4 is 34.8 Å². The van der Waals surface area contributed by atoms with Crippen molar-refractivity contribution in [1.29, 1.82) is 0 Å². The number of nitrogens with zero attached hydrogens (tertiary/aromatic N) is 2. The molecule has 1 fully saturated rings. The highest BCUT2D eigenvalue weighted by Gasteiger charge is 2.56. The Kier molecular flexibility index (Phi) is 3.62. The normalized spacial score (nSPS) is 22.0. The number of imide groups is 1. The summed E-state index contributed by atoms with van der Waals surface area (Å²) in [5.74, 6) is -1.50. The predicted octanol–water partition coefficient (Wildman–Crippen LogP) is 3.25. The molecule has 0 radical (unpaired) electrons. The molecule has 0 aliphatic carbocycles. The second kappa shape index (κ2) is 5.70. The van der Waals surface area contributed by atoms with E-state index in [1.807, 2.05) is 32.0 Å². The molecule has 5 nitrogen and oxygen atoms in total. The molecule has 0 saturated carbocycles. The van der Waals surface area contributed by atoms with Crippen LogP contribution in [0.3, 0.4) is 0 Å². The van der Waals surface area contributed by atoms with E-state index in [4.69, 9.17) is 16.4 Å². The summed E-state index contributed by atoms with van der Waals surface area (Å²) >= 11 is 6.23. The summed E-state index contributed by atoms with van der Waals surface area (Å²) in [5, 5.41) is 4.45. The number of hydrogen-bond acceptors (Lipinski definition) is 4. The molecule has 2 aliphatic heterocycles. The molecule has 2 unspecified atom stereocenters. The fraction of sp³-hybridized carbons (Fsp3) is 0.211. The standard InChI is InChI=1S/C19H15ClN2O3/c1-10-7-11(2)9-12(8-10)22-18(23)15-16(21-25-17(15)19(22)24)13-5-3-4-6-14(13)20/h3-9,15,17H,1-2H3. The van der Waals surface area contributed by atoms with Crippen molar-refractivity contribution < 1.29 is 14.4 Å². The number of halogens is 1. The topological polar surface area (TPSA) is 59.0 Å². The first-order valence-corrected chi connectivity index (χ1v) is 8.30. The largest absolute Gasteiger partial charge is 0.381 e. The van der Waals surface area contributed by atoms with Crippen molar-refractivity contribution in [2.75, 3.05) is 4.90 Å². The van der Waals surface area contributed by atoms with Gasteiger partial charge in [-0.05, 0) is 43.2 Å². The molecule has 126 valence electrons. The van der Waals surface area contributed by atoms with E-state index in [1.54, 1.807) is 24.3 Å². The first kappa shape index (κ1) is 15.8. The second-order valence-corrected chi connectivity index (χ2v) is 6.73. The van der Waals surface area contributed by atoms with E-state index in [2.05, 4.69) is 5.16 Å². The zero-order chi connectivity index (χ0) is 17.7. The van der Waals surface area contributed by atoms with Crippen LogP contribution in [0.1, 0.15) is 16.7 Å². The molecule has 2 amide bonds. The SMILES string of the molecule is Cc1cc(C)cc(N2C(=O)C3ON=C(c4ccccc4Cl)C3C2=O)c1. The highest BCUT2D eigenvalue weighted by Crippen LogP contribution is 2.36. The van der Waals surface area contributed by atoms with E-state index in [0.29, 0.717) is 22.0 Å². The summed E-state index contributed by atoms with van der Waals surface area (Å²) in [7, 11) is 0. The molecule has 2 atom stereocenters. The van der Waals surface area contributed by atoms with Gasteiger partial charge in [-0.15, -0.1) is 0 Å². The Bertz CT molecular complexity index is 918. The highest BCUT2D eigenvalue weighted by molar-refractivity contribution is 6.38. The summed E-state index contributed by atoms with van der Waals surface area (Å²) in [5.41, 5.74) is 3.53. The van der Waals surface area contributed by atoms with Gasteiger partial charge in [0, 0.05) is 10.6 Å². The molecule has 0 N–H and O–H groups in total. The van der Waals surface area contributed by atoms with Crippen LogP contribution in [0.2, 0.25) is 5.02 Å². The lowest BCUT2D eigenvalue weighted by Crippen LogP contribution is -2.33. The number of oxime groups is 1. The second-order valence-electron chi connectivity index (χ2n) is 6.32. The van der Waals surface area contributed by atoms with E-state index in [-0.39, 0.29) is 5.91 Å². The van der Waals surface area contributed by atoms with Crippen LogP contribution in [0.5, 0.6) is 0 Å². The van der Waals surface area contributed by atoms with Crippen molar-refractivity contribution in [3.05, 3.63) is 64.2 Å². The molecule has 2 heterocycles. The Morgan fingerprint density at radius 2 is 1.72 bits per heavy atom. The van der Waals surface area contributed by atoms with Crippen molar-refractivity contribution in [2.24, 2.45) is 11.1 Å². The maximum Gasteiger partial charge on any atom is 0.278 e. The van der Waals surface area contributed by atoms with Crippen LogP contribution in [-0.2, 0) is 14.4 Å². The van der Waals surface area contributed by atoms with Gasteiger partial charge < -0.3 is 4.84 Å². The molecule has 4 rings (SSSR count). The summed E-state index contributed by atoms with van der Waals surface area (Å²) in [6.07, 6.45) is -0.931. The summed E-state index contributed by atoms with van der Waals surface area (Å²) in [6, 6.07) is 12.7. The maximum atomic E-state index is 13.0. The average molecular weight is 355 g/mol. The van der Waals surface area contributed by atoms with Crippen molar-refractivity contribution in [1.82, 2.24) is 0 Å². The van der Waals surface area contributed by atoms with Crippen LogP contribution in [0.4, 0.5) is 5.69 Å². The molecular formula is C19H15ClN2O3. The molecule has 2 aliphatic rings. The number of aryl methyl sites for hydroxylation is 2. The van der Waals surface area contributed by atoms with Crippen LogP contribution < -0.4 is 4.90 Å². The Morgan fingerprint density at radius 3 is 2.40 bits per heavy atom. The van der Waals surface area contributed by atoms with Gasteiger partial charge in [-0.1, -0.05) is 41.0 Å². The number of carbonyl (C=O) groups excluding carboxylic acids is 2. The average Bonchev–Trinajstić information content (AvgIpc) is 3.08. The third kappa shape index (κ3) is 2.43. The third-order valence-electron chi connectivity index (χ3n) is 4.43. The van der Waals surface area contributed by atoms with Gasteiger partial charge in [-0.25, -0.2) is 4.90 Å². The van der Waals surface area contributed by atoms with Gasteiger partial charge in [-0.3, -0.25) is 9.59 Å². The maximum absolute atomic E-state index is 13.0. The quantitative estimate of drug-likeness (QED) is 0.778. The Hall–Kier alpha value is -2.66. The zero-order valence-electron chi connectivity index (χ0n) is 13.7. The van der Waals surface area contributed by atoms with Gasteiger partial charge >= 0.3 is 0 Å². The minimum Gasteiger partial charge on any atom is -0.381 e. The van der Waals surface area contributed by atoms with Gasteiger partial charge in [0.15, 0.2) is 0 Å². The molecule has 2 aromatic carbocycles. The van der Waals surface area contributed by atoms with Gasteiger partial charge in [0.05, 0.1) is 5.69 Å². The zero-order valence-corrected chi connectivity index (χ0v) is 14.4. The smallest absolute Gasteiger partial charge is 0.278 e. The van der Waals surface area contributed by atoms with Gasteiger partial charge in [-0.2, -0.15) is 0 Å². The Labute approximate surface area is 149 Å². The number of rotatable bonds is 2. The number of amides is 2. The fourth-order valence-electron chi connectivity index (χ4n) is 3.40. The summed E-state index contributed by atoms with van der Waals surface area (Å²) < 4.78 is 0. The van der Waals surface area contributed by atoms with Crippen LogP contribution in [0, 0.1) is 19.8 Å². The van der Waals surface area contributed by atoms with Gasteiger partial charge in [0.1, 0.15) is 11.6 Å². The number of hydrogen-bond donors (Lipinski definition) is 0. The monoisotopic (exact) mass is 354 g/mol. The van der Waals surface area contributed by atoms with Crippen LogP contribution in [0.25, 0.3) is 0 Å². The fourth-order valence-corrected chi connectivity index (χ4v) is 3.64. The number of fused-ring (bicyclic) bond motifs is 1. The van der Waals surface area contributed by atoms with Crippen LogP contribution in [0.15, 0.2) is 47.6 Å². The molecular weight excluding hydrogens is 340 g/mol. The van der Waals surface area contributed by atoms with E-state index in [1.165, 1.54) is 4.90 Å². The first-order chi connectivity index (χ1) is 12.0. The van der Waals surface area contributed by atoms with Crippen molar-refractivity contribution in [3.63, 3.8) is 0 Å². The Morgan fingerprint density at radius 1 is 1.04 bits per heavy atom. The lowest BCUT2D eigenvalue weighted by Gasteiger charge is -2.17. The van der Waals surface area contributed by atoms with E-state index < -0.39 is 17.9 Å². The van der Waals surface area contributed by atoms with Gasteiger partial charge in [0.25, 0.3) is 5.91 Å². The van der Waals surface area contributed by atoms with Gasteiger partial charge in [0.2, 0.25) is 12.0 Å². The summed E-state index contributed by atoms with van der Waals surface area (Å²) in [4.78, 5) is 32.3. The Balaban J connectivity index is 1.75. The number of benzene rings is 2. The molecule has 0 bridgehead atoms. The molecule has 25 heavy (non-hydrogen) atoms. The molecule has 1 saturated heterocycles. The molecule has 2 aromatic rings. The number of anilines is 1. The molecule has 6 heteroatoms. The number of carbonyl (C=O) groups is 2. The first-order valence-electron chi connectivity index (χ1n) is 7.92. The van der Waals surface area contributed by atoms with Crippen molar-refractivity contribution in [3.8, 4) is 0 Å². The molecule has 0 spiro atoms.